The number of aliphatic carboxylic acids is 1. The molecule has 1 atom stereocenters. The number of benzene rings is 3. The van der Waals surface area contributed by atoms with Gasteiger partial charge in [-0.2, -0.15) is 0 Å². The van der Waals surface area contributed by atoms with Gasteiger partial charge in [-0.15, -0.1) is 15.0 Å². The van der Waals surface area contributed by atoms with Gasteiger partial charge in [0.15, 0.2) is 5.75 Å². The van der Waals surface area contributed by atoms with Crippen molar-refractivity contribution >= 4 is 17.6 Å². The van der Waals surface area contributed by atoms with E-state index < -0.39 is 16.9 Å². The number of unbranched alkanes of at least 4 members (excludes halogenated alkanes) is 1. The highest BCUT2D eigenvalue weighted by atomic mass is 16.6. The number of non-ortho nitro benzene ring substituents is 1. The van der Waals surface area contributed by atoms with Gasteiger partial charge < -0.3 is 14.7 Å². The van der Waals surface area contributed by atoms with Gasteiger partial charge >= 0.3 is 5.97 Å². The number of carboxylic acids is 1. The number of amides is 1. The normalized spacial score (nSPS) is 14.1. The summed E-state index contributed by atoms with van der Waals surface area (Å²) in [4.78, 5) is 39.2. The van der Waals surface area contributed by atoms with E-state index in [1.54, 1.807) is 6.07 Å². The zero-order chi connectivity index (χ0) is 34.2. The summed E-state index contributed by atoms with van der Waals surface area (Å²) in [6.45, 7) is 5.82. The number of tetrazole rings is 1. The molecule has 4 aromatic rings. The molecule has 48 heavy (non-hydrogen) atoms. The van der Waals surface area contributed by atoms with Crippen LogP contribution in [-0.2, 0) is 16.1 Å². The summed E-state index contributed by atoms with van der Waals surface area (Å²) in [5.41, 5.74) is 3.67. The van der Waals surface area contributed by atoms with Crippen LogP contribution < -0.4 is 4.74 Å². The van der Waals surface area contributed by atoms with Gasteiger partial charge in [0.1, 0.15) is 11.7 Å². The summed E-state index contributed by atoms with van der Waals surface area (Å²) in [5, 5.41) is 34.8. The molecule has 3 aromatic carbocycles. The van der Waals surface area contributed by atoms with Crippen molar-refractivity contribution in [2.75, 3.05) is 0 Å². The first-order valence-corrected chi connectivity index (χ1v) is 16.6. The van der Waals surface area contributed by atoms with Gasteiger partial charge in [0.05, 0.1) is 17.1 Å². The molecule has 1 aliphatic carbocycles. The fraction of sp³-hybridized carbons (Fsp3) is 0.417. The van der Waals surface area contributed by atoms with E-state index in [1.807, 2.05) is 69.3 Å². The first kappa shape index (κ1) is 34.2. The standard InChI is InChI=1S/C36H42N6O6/c1-4-5-15-33(43)40(34(24(2)3)36(44)45)23-25-16-18-26(19-17-25)29-13-9-10-14-30(29)35-37-39-41(38-35)31-21-20-27(42(46)47)22-32(31)48-28-11-7-6-8-12-28/h9-10,13-14,16-22,24,28,34H,4-8,11-12,15,23H2,1-3H3,(H,44,45)/t34-/m0/s1. The Hall–Kier alpha value is -5.13. The first-order valence-electron chi connectivity index (χ1n) is 16.6. The number of carboxylic acid groups (broad SMARTS) is 1. The molecular formula is C36H42N6O6. The summed E-state index contributed by atoms with van der Waals surface area (Å²) in [7, 11) is 0. The van der Waals surface area contributed by atoms with Crippen LogP contribution in [-0.4, -0.2) is 59.2 Å². The maximum Gasteiger partial charge on any atom is 0.326 e. The van der Waals surface area contributed by atoms with Gasteiger partial charge in [-0.3, -0.25) is 14.9 Å². The average molecular weight is 655 g/mol. The van der Waals surface area contributed by atoms with Crippen LogP contribution in [0.4, 0.5) is 5.69 Å². The lowest BCUT2D eigenvalue weighted by molar-refractivity contribution is -0.385. The number of carbonyl (C=O) groups excluding carboxylic acids is 1. The number of rotatable bonds is 14. The molecule has 1 saturated carbocycles. The lowest BCUT2D eigenvalue weighted by atomic mass is 9.97. The van der Waals surface area contributed by atoms with Crippen LogP contribution >= 0.6 is 0 Å². The van der Waals surface area contributed by atoms with Crippen molar-refractivity contribution < 1.29 is 24.4 Å². The smallest absolute Gasteiger partial charge is 0.326 e. The minimum atomic E-state index is -1.01. The Morgan fingerprint density at radius 2 is 1.75 bits per heavy atom. The zero-order valence-corrected chi connectivity index (χ0v) is 27.6. The molecule has 252 valence electrons. The van der Waals surface area contributed by atoms with Crippen molar-refractivity contribution in [3.05, 3.63) is 82.4 Å². The SMILES string of the molecule is CCCCC(=O)N(Cc1ccc(-c2ccccc2-c2nnn(-c3ccc([N+](=O)[O-])cc3OC3CCCCC3)n2)cc1)[C@H](C(=O)O)C(C)C. The predicted molar refractivity (Wildman–Crippen MR) is 181 cm³/mol. The van der Waals surface area contributed by atoms with Gasteiger partial charge in [0.2, 0.25) is 11.7 Å². The van der Waals surface area contributed by atoms with Crippen LogP contribution in [0.3, 0.4) is 0 Å². The van der Waals surface area contributed by atoms with Crippen LogP contribution in [0.5, 0.6) is 5.75 Å². The maximum atomic E-state index is 13.1. The van der Waals surface area contributed by atoms with E-state index in [1.165, 1.54) is 21.8 Å². The van der Waals surface area contributed by atoms with E-state index in [-0.39, 0.29) is 30.2 Å². The summed E-state index contributed by atoms with van der Waals surface area (Å²) < 4.78 is 6.26. The molecule has 1 aliphatic rings. The zero-order valence-electron chi connectivity index (χ0n) is 27.6. The van der Waals surface area contributed by atoms with E-state index in [4.69, 9.17) is 4.74 Å². The summed E-state index contributed by atoms with van der Waals surface area (Å²) in [6, 6.07) is 18.8. The molecule has 1 aromatic heterocycles. The molecule has 0 spiro atoms. The van der Waals surface area contributed by atoms with Crippen molar-refractivity contribution in [1.82, 2.24) is 25.1 Å². The van der Waals surface area contributed by atoms with Gasteiger partial charge in [-0.25, -0.2) is 4.79 Å². The van der Waals surface area contributed by atoms with Gasteiger partial charge in [0.25, 0.3) is 5.69 Å². The predicted octanol–water partition coefficient (Wildman–Crippen LogP) is 7.24. The number of nitrogens with zero attached hydrogens (tertiary/aromatic N) is 6. The Bertz CT molecular complexity index is 1730. The third-order valence-electron chi connectivity index (χ3n) is 8.70. The molecule has 1 heterocycles. The lowest BCUT2D eigenvalue weighted by Gasteiger charge is -2.32. The molecule has 12 heteroatoms. The Kier molecular flexibility index (Phi) is 11.1. The number of aromatic nitrogens is 4. The Morgan fingerprint density at radius 3 is 2.40 bits per heavy atom. The maximum absolute atomic E-state index is 13.1. The second kappa shape index (κ2) is 15.6. The highest BCUT2D eigenvalue weighted by Gasteiger charge is 2.32. The largest absolute Gasteiger partial charge is 0.488 e. The summed E-state index contributed by atoms with van der Waals surface area (Å²) in [6.07, 6.45) is 6.84. The molecule has 5 rings (SSSR count). The number of nitro groups is 1. The van der Waals surface area contributed by atoms with Crippen molar-refractivity contribution in [2.24, 2.45) is 5.92 Å². The van der Waals surface area contributed by atoms with Crippen molar-refractivity contribution in [3.63, 3.8) is 0 Å². The molecule has 0 saturated heterocycles. The van der Waals surface area contributed by atoms with E-state index in [0.29, 0.717) is 30.1 Å². The second-order valence-electron chi connectivity index (χ2n) is 12.6. The number of hydrogen-bond acceptors (Lipinski definition) is 8. The van der Waals surface area contributed by atoms with E-state index in [9.17, 15) is 24.8 Å². The summed E-state index contributed by atoms with van der Waals surface area (Å²) >= 11 is 0. The second-order valence-corrected chi connectivity index (χ2v) is 12.6. The van der Waals surface area contributed by atoms with Gasteiger partial charge in [-0.1, -0.05) is 82.1 Å². The lowest BCUT2D eigenvalue weighted by Crippen LogP contribution is -2.47. The van der Waals surface area contributed by atoms with Crippen LogP contribution in [0, 0.1) is 16.0 Å². The van der Waals surface area contributed by atoms with Crippen LogP contribution in [0.1, 0.15) is 77.7 Å². The topological polar surface area (TPSA) is 154 Å². The molecule has 1 fully saturated rings. The van der Waals surface area contributed by atoms with Crippen molar-refractivity contribution in [1.29, 1.82) is 0 Å². The van der Waals surface area contributed by atoms with Crippen LogP contribution in [0.25, 0.3) is 28.2 Å². The minimum Gasteiger partial charge on any atom is -0.488 e. The molecule has 0 unspecified atom stereocenters. The molecule has 0 aliphatic heterocycles. The van der Waals surface area contributed by atoms with Crippen LogP contribution in [0.2, 0.25) is 0 Å². The quantitative estimate of drug-likeness (QED) is 0.109. The number of ether oxygens (including phenoxy) is 1. The monoisotopic (exact) mass is 654 g/mol. The minimum absolute atomic E-state index is 0.0341. The molecule has 12 nitrogen and oxygen atoms in total. The van der Waals surface area contributed by atoms with E-state index in [0.717, 1.165) is 60.8 Å². The van der Waals surface area contributed by atoms with Gasteiger partial charge in [0, 0.05) is 24.6 Å². The van der Waals surface area contributed by atoms with Gasteiger partial charge in [-0.05, 0) is 66.0 Å². The highest BCUT2D eigenvalue weighted by Crippen LogP contribution is 2.33. The highest BCUT2D eigenvalue weighted by molar-refractivity contribution is 5.84. The summed E-state index contributed by atoms with van der Waals surface area (Å²) in [5.74, 6) is -0.718. The molecule has 1 N–H and O–H groups in total. The number of carbonyl (C=O) groups is 2. The van der Waals surface area contributed by atoms with Crippen molar-refractivity contribution in [3.8, 4) is 34.0 Å². The number of hydrogen-bond donors (Lipinski definition) is 1. The average Bonchev–Trinajstić information content (AvgIpc) is 3.57. The Labute approximate surface area is 279 Å². The van der Waals surface area contributed by atoms with E-state index >= 15 is 0 Å². The van der Waals surface area contributed by atoms with Crippen LogP contribution in [0.15, 0.2) is 66.7 Å². The first-order chi connectivity index (χ1) is 23.2. The molecule has 0 radical (unpaired) electrons. The third kappa shape index (κ3) is 8.04. The van der Waals surface area contributed by atoms with Crippen molar-refractivity contribution in [2.45, 2.75) is 90.8 Å². The Morgan fingerprint density at radius 1 is 1.04 bits per heavy atom. The fourth-order valence-corrected chi connectivity index (χ4v) is 6.17. The molecular weight excluding hydrogens is 612 g/mol. The molecule has 0 bridgehead atoms. The number of nitro benzene ring substituents is 1. The fourth-order valence-electron chi connectivity index (χ4n) is 6.17. The Balaban J connectivity index is 1.41. The molecule has 1 amide bonds. The third-order valence-corrected chi connectivity index (χ3v) is 8.70. The van der Waals surface area contributed by atoms with E-state index in [2.05, 4.69) is 15.4 Å².